The van der Waals surface area contributed by atoms with Crippen molar-refractivity contribution < 1.29 is 81.7 Å². The van der Waals surface area contributed by atoms with Gasteiger partial charge < -0.3 is 9.84 Å². The SMILES string of the molecule is O=C1[C@@H]2C[C@@H]3C(=CC[C@@H]4C(=O)N(c5cc(C(F)(F)F)cc(C(F)(F)F)c5)C(=O)[C@@H]43)[C@H](c3cc(OC(F)(F)F)ccc3O)[C@]2(c2ccc(Cl)cc2)C(=O)N1Nc1ncc(C(F)(F)F)cc1Cl. The number of carbonyl (C=O) groups excluding carboxylic acids is 4. The van der Waals surface area contributed by atoms with Crippen LogP contribution in [0.2, 0.25) is 10.0 Å². The first-order valence-electron chi connectivity index (χ1n) is 18.7. The lowest BCUT2D eigenvalue weighted by Crippen LogP contribution is -2.53. The molecule has 3 heterocycles. The molecule has 342 valence electrons. The number of amides is 4. The largest absolute Gasteiger partial charge is 0.573 e. The Morgan fingerprint density at radius 3 is 1.92 bits per heavy atom. The van der Waals surface area contributed by atoms with E-state index < -0.39 is 147 Å². The number of carbonyl (C=O) groups is 4. The Balaban J connectivity index is 1.33. The van der Waals surface area contributed by atoms with Crippen LogP contribution in [0.3, 0.4) is 0 Å². The van der Waals surface area contributed by atoms with Crippen LogP contribution in [0.4, 0.5) is 64.2 Å². The van der Waals surface area contributed by atoms with Gasteiger partial charge in [0.15, 0.2) is 5.82 Å². The summed E-state index contributed by atoms with van der Waals surface area (Å²) in [6.45, 7) is 0. The highest BCUT2D eigenvalue weighted by Crippen LogP contribution is 2.65. The van der Waals surface area contributed by atoms with Crippen molar-refractivity contribution >= 4 is 58.3 Å². The van der Waals surface area contributed by atoms with Crippen LogP contribution in [-0.2, 0) is 43.1 Å². The van der Waals surface area contributed by atoms with Crippen LogP contribution in [-0.4, -0.2) is 45.1 Å². The predicted molar refractivity (Wildman–Crippen MR) is 201 cm³/mol. The van der Waals surface area contributed by atoms with Gasteiger partial charge in [-0.1, -0.05) is 47.0 Å². The summed E-state index contributed by atoms with van der Waals surface area (Å²) >= 11 is 12.3. The summed E-state index contributed by atoms with van der Waals surface area (Å²) in [5.74, 6) is -15.8. The van der Waals surface area contributed by atoms with Gasteiger partial charge in [-0.2, -0.15) is 44.5 Å². The Hall–Kier alpha value is -6.03. The van der Waals surface area contributed by atoms with Crippen LogP contribution in [0.1, 0.15) is 46.6 Å². The molecule has 6 atom stereocenters. The molecule has 2 aliphatic heterocycles. The lowest BCUT2D eigenvalue weighted by atomic mass is 9.49. The van der Waals surface area contributed by atoms with Gasteiger partial charge in [0.05, 0.1) is 50.6 Å². The van der Waals surface area contributed by atoms with E-state index in [0.717, 1.165) is 6.07 Å². The molecular weight excluding hydrogens is 943 g/mol. The fraction of sp³-hybridized carbons (Fsp3) is 0.293. The van der Waals surface area contributed by atoms with Crippen LogP contribution < -0.4 is 15.1 Å². The van der Waals surface area contributed by atoms with Crippen LogP contribution >= 0.6 is 23.2 Å². The zero-order valence-electron chi connectivity index (χ0n) is 31.9. The normalized spacial score (nSPS) is 24.8. The molecule has 8 rings (SSSR count). The molecule has 4 aromatic rings. The average molecular weight is 968 g/mol. The number of hydrogen-bond acceptors (Lipinski definition) is 8. The summed E-state index contributed by atoms with van der Waals surface area (Å²) in [7, 11) is 0. The highest BCUT2D eigenvalue weighted by atomic mass is 35.5. The van der Waals surface area contributed by atoms with Crippen molar-refractivity contribution in [3.05, 3.63) is 122 Å². The lowest BCUT2D eigenvalue weighted by Gasteiger charge is -2.50. The van der Waals surface area contributed by atoms with Crippen molar-refractivity contribution in [3.8, 4) is 11.5 Å². The van der Waals surface area contributed by atoms with Gasteiger partial charge in [0.1, 0.15) is 11.5 Å². The minimum absolute atomic E-state index is 0.0704. The maximum absolute atomic E-state index is 15.3. The molecule has 0 unspecified atom stereocenters. The molecule has 65 heavy (non-hydrogen) atoms. The molecule has 1 saturated carbocycles. The molecule has 3 aromatic carbocycles. The van der Waals surface area contributed by atoms with E-state index in [-0.39, 0.29) is 39.3 Å². The number of phenolic OH excluding ortho intramolecular Hbond substituents is 1. The zero-order valence-corrected chi connectivity index (χ0v) is 33.4. The highest BCUT2D eigenvalue weighted by molar-refractivity contribution is 6.33. The number of ether oxygens (including phenoxy) is 1. The van der Waals surface area contributed by atoms with E-state index in [1.807, 2.05) is 0 Å². The standard InChI is InChI=1S/C41H24Cl2F12N4O6/c42-20-3-1-16(2-4-20)37-27(34(62)59(36(37)64)57-32-28(43)12-19(15-56-32)40(50,51)52)14-25-23(31(37)26-13-22(5-8-29(26)60)65-41(53,54)55)6-7-24-30(25)35(63)58(33(24)61)21-10-17(38(44,45)46)9-18(11-21)39(47,48)49/h1-6,8-13,15,24-25,27,30-31,60H,7,14H2,(H,56,57)/t24-,25+,27-,30-,31+,37+/m0/s1. The number of imide groups is 2. The number of hydrogen-bond donors (Lipinski definition) is 2. The minimum Gasteiger partial charge on any atom is -0.508 e. The Morgan fingerprint density at radius 1 is 0.738 bits per heavy atom. The molecule has 0 radical (unpaired) electrons. The average Bonchev–Trinajstić information content (AvgIpc) is 3.58. The number of hydrazine groups is 1. The van der Waals surface area contributed by atoms with E-state index in [2.05, 4.69) is 15.1 Å². The first kappa shape index (κ1) is 45.5. The number of benzene rings is 3. The summed E-state index contributed by atoms with van der Waals surface area (Å²) in [5, 5.41) is 11.1. The summed E-state index contributed by atoms with van der Waals surface area (Å²) in [6.07, 6.45) is -20.6. The highest BCUT2D eigenvalue weighted by Gasteiger charge is 2.71. The number of nitrogens with zero attached hydrogens (tertiary/aromatic N) is 3. The van der Waals surface area contributed by atoms with E-state index in [0.29, 0.717) is 29.4 Å². The number of phenols is 1. The number of pyridine rings is 1. The Labute approximate surface area is 366 Å². The zero-order chi connectivity index (χ0) is 47.5. The maximum atomic E-state index is 15.3. The van der Waals surface area contributed by atoms with Crippen LogP contribution in [0, 0.1) is 23.7 Å². The summed E-state index contributed by atoms with van der Waals surface area (Å²) in [4.78, 5) is 62.6. The van der Waals surface area contributed by atoms with Gasteiger partial charge in [-0.25, -0.2) is 9.88 Å². The van der Waals surface area contributed by atoms with Crippen molar-refractivity contribution in [3.63, 3.8) is 0 Å². The molecule has 0 bridgehead atoms. The van der Waals surface area contributed by atoms with E-state index in [9.17, 15) is 72.2 Å². The quantitative estimate of drug-likeness (QED) is 0.111. The number of aromatic hydroxyl groups is 1. The maximum Gasteiger partial charge on any atom is 0.573 e. The summed E-state index contributed by atoms with van der Waals surface area (Å²) < 4.78 is 169. The molecular formula is C41H24Cl2F12N4O6. The third-order valence-electron chi connectivity index (χ3n) is 11.9. The van der Waals surface area contributed by atoms with Crippen molar-refractivity contribution in [1.29, 1.82) is 0 Å². The molecule has 4 amide bonds. The number of rotatable bonds is 6. The smallest absolute Gasteiger partial charge is 0.508 e. The molecule has 1 aromatic heterocycles. The van der Waals surface area contributed by atoms with E-state index in [1.54, 1.807) is 0 Å². The molecule has 2 saturated heterocycles. The fourth-order valence-corrected chi connectivity index (χ4v) is 9.74. The van der Waals surface area contributed by atoms with Crippen molar-refractivity contribution in [1.82, 2.24) is 9.99 Å². The van der Waals surface area contributed by atoms with Gasteiger partial charge in [-0.15, -0.1) is 13.2 Å². The van der Waals surface area contributed by atoms with Crippen LogP contribution in [0.25, 0.3) is 0 Å². The van der Waals surface area contributed by atoms with Gasteiger partial charge in [0.25, 0.3) is 11.8 Å². The molecule has 2 N–H and O–H groups in total. The van der Waals surface area contributed by atoms with Crippen molar-refractivity contribution in [2.24, 2.45) is 23.7 Å². The summed E-state index contributed by atoms with van der Waals surface area (Å²) in [6, 6.07) is 7.75. The number of halogens is 14. The monoisotopic (exact) mass is 966 g/mol. The second-order valence-electron chi connectivity index (χ2n) is 15.5. The molecule has 10 nitrogen and oxygen atoms in total. The second kappa shape index (κ2) is 15.3. The minimum atomic E-state index is -5.40. The summed E-state index contributed by atoms with van der Waals surface area (Å²) in [5.41, 5.74) is -6.92. The Kier molecular flexibility index (Phi) is 10.7. The second-order valence-corrected chi connectivity index (χ2v) is 16.3. The van der Waals surface area contributed by atoms with Gasteiger partial charge in [-0.3, -0.25) is 24.6 Å². The number of fused-ring (bicyclic) bond motifs is 4. The number of anilines is 2. The van der Waals surface area contributed by atoms with Gasteiger partial charge in [0, 0.05) is 22.7 Å². The number of allylic oxidation sites excluding steroid dienone is 2. The van der Waals surface area contributed by atoms with E-state index >= 15 is 4.79 Å². The number of alkyl halides is 12. The number of aromatic nitrogens is 1. The lowest BCUT2D eigenvalue weighted by molar-refractivity contribution is -0.274. The first-order chi connectivity index (χ1) is 30.1. The van der Waals surface area contributed by atoms with Crippen LogP contribution in [0.5, 0.6) is 11.5 Å². The first-order valence-corrected chi connectivity index (χ1v) is 19.5. The van der Waals surface area contributed by atoms with E-state index in [1.165, 1.54) is 30.3 Å². The van der Waals surface area contributed by atoms with Gasteiger partial charge >= 0.3 is 24.9 Å². The third-order valence-corrected chi connectivity index (χ3v) is 12.5. The number of nitrogens with one attached hydrogen (secondary N) is 1. The van der Waals surface area contributed by atoms with Gasteiger partial charge in [-0.05, 0) is 78.9 Å². The predicted octanol–water partition coefficient (Wildman–Crippen LogP) is 10.2. The molecule has 0 spiro atoms. The van der Waals surface area contributed by atoms with Crippen LogP contribution in [0.15, 0.2) is 84.6 Å². The fourth-order valence-electron chi connectivity index (χ4n) is 9.41. The van der Waals surface area contributed by atoms with E-state index in [4.69, 9.17) is 23.2 Å². The van der Waals surface area contributed by atoms with Crippen molar-refractivity contribution in [2.45, 2.75) is 49.1 Å². The molecule has 2 aliphatic carbocycles. The molecule has 24 heteroatoms. The third kappa shape index (κ3) is 7.66. The molecule has 3 fully saturated rings. The van der Waals surface area contributed by atoms with Gasteiger partial charge in [0.2, 0.25) is 11.8 Å². The Morgan fingerprint density at radius 2 is 1.35 bits per heavy atom. The molecule has 4 aliphatic rings. The van der Waals surface area contributed by atoms with Crippen molar-refractivity contribution in [2.75, 3.05) is 10.3 Å². The topological polar surface area (TPSA) is 129 Å². The Bertz CT molecular complexity index is 2670.